The molecule has 0 saturated carbocycles. The minimum Gasteiger partial charge on any atom is -0.391 e. The molecule has 0 radical (unpaired) electrons. The van der Waals surface area contributed by atoms with Gasteiger partial charge in [0.2, 0.25) is 0 Å². The predicted molar refractivity (Wildman–Crippen MR) is 226 cm³/mol. The van der Waals surface area contributed by atoms with Crippen LogP contribution in [0.15, 0.2) is 203 Å². The van der Waals surface area contributed by atoms with Crippen molar-refractivity contribution in [2.24, 2.45) is 0 Å². The summed E-state index contributed by atoms with van der Waals surface area (Å²) in [6, 6.07) is 64.5. The van der Waals surface area contributed by atoms with Crippen LogP contribution in [-0.2, 0) is 5.41 Å². The van der Waals surface area contributed by atoms with E-state index in [1.807, 2.05) is 6.07 Å². The van der Waals surface area contributed by atoms with Gasteiger partial charge in [-0.05, 0) is 91.9 Å². The second-order valence-corrected chi connectivity index (χ2v) is 17.0. The lowest BCUT2D eigenvalue weighted by Gasteiger charge is -2.46. The molecule has 54 heavy (non-hydrogen) atoms. The molecule has 4 heterocycles. The molecule has 2 atom stereocenters. The smallest absolute Gasteiger partial charge is 0.391 e. The van der Waals surface area contributed by atoms with Crippen molar-refractivity contribution in [3.63, 3.8) is 0 Å². The van der Waals surface area contributed by atoms with Crippen LogP contribution in [0.5, 0.6) is 5.75 Å². The third-order valence-electron chi connectivity index (χ3n) is 10.8. The van der Waals surface area contributed by atoms with Gasteiger partial charge in [-0.25, -0.2) is 0 Å². The van der Waals surface area contributed by atoms with E-state index in [0.29, 0.717) is 5.75 Å². The van der Waals surface area contributed by atoms with Gasteiger partial charge in [0, 0.05) is 10.8 Å². The lowest BCUT2D eigenvalue weighted by atomic mass is 9.72. The zero-order valence-electron chi connectivity index (χ0n) is 29.1. The van der Waals surface area contributed by atoms with Crippen LogP contribution >= 0.6 is 16.2 Å². The van der Waals surface area contributed by atoms with Crippen molar-refractivity contribution in [3.05, 3.63) is 216 Å². The molecule has 256 valence electrons. The third kappa shape index (κ3) is 4.93. The fourth-order valence-electron chi connectivity index (χ4n) is 8.42. The highest BCUT2D eigenvalue weighted by molar-refractivity contribution is 7.84. The maximum absolute atomic E-state index is 6.76. The molecule has 0 fully saturated rings. The van der Waals surface area contributed by atoms with Crippen LogP contribution in [0.25, 0.3) is 54.1 Å². The number of hydrogen-bond acceptors (Lipinski definition) is 3. The first-order valence-electron chi connectivity index (χ1n) is 18.2. The van der Waals surface area contributed by atoms with Crippen LogP contribution in [0, 0.1) is 0 Å². The largest absolute Gasteiger partial charge is 0.453 e. The van der Waals surface area contributed by atoms with Gasteiger partial charge in [0.25, 0.3) is 0 Å². The first-order valence-corrected chi connectivity index (χ1v) is 20.6. The van der Waals surface area contributed by atoms with Gasteiger partial charge >= 0.3 is 8.24 Å². The van der Waals surface area contributed by atoms with Gasteiger partial charge in [-0.1, -0.05) is 170 Å². The monoisotopic (exact) mass is 730 g/mol. The highest BCUT2D eigenvalue weighted by Crippen LogP contribution is 2.69. The summed E-state index contributed by atoms with van der Waals surface area (Å²) in [5, 5.41) is 10.7. The summed E-state index contributed by atoms with van der Waals surface area (Å²) in [4.78, 5) is 0. The fourth-order valence-corrected chi connectivity index (χ4v) is 12.4. The minimum absolute atomic E-state index is 0.414. The molecule has 0 saturated heterocycles. The Balaban J connectivity index is 1.09. The van der Waals surface area contributed by atoms with Gasteiger partial charge in [-0.2, -0.15) is 0 Å². The van der Waals surface area contributed by atoms with Gasteiger partial charge in [-0.15, -0.1) is 0 Å². The highest BCUT2D eigenvalue weighted by Gasteiger charge is 2.46. The van der Waals surface area contributed by atoms with Crippen LogP contribution in [0.3, 0.4) is 0 Å². The Morgan fingerprint density at radius 2 is 1.02 bits per heavy atom. The van der Waals surface area contributed by atoms with E-state index in [4.69, 9.17) is 12.9 Å². The molecule has 3 nitrogen and oxygen atoms in total. The van der Waals surface area contributed by atoms with Gasteiger partial charge in [0.1, 0.15) is 16.9 Å². The van der Waals surface area contributed by atoms with E-state index in [2.05, 4.69) is 188 Å². The van der Waals surface area contributed by atoms with Crippen LogP contribution in [0.1, 0.15) is 22.3 Å². The topological polar surface area (TPSA) is 35.5 Å². The Bertz CT molecular complexity index is 2940. The molecule has 0 N–H and O–H groups in total. The lowest BCUT2D eigenvalue weighted by molar-refractivity contribution is 0.498. The quantitative estimate of drug-likeness (QED) is 0.165. The van der Waals surface area contributed by atoms with Crippen molar-refractivity contribution < 1.29 is 12.9 Å². The van der Waals surface area contributed by atoms with Crippen molar-refractivity contribution in [2.75, 3.05) is 0 Å². The molecule has 0 amide bonds. The van der Waals surface area contributed by atoms with E-state index in [0.717, 1.165) is 49.0 Å². The van der Waals surface area contributed by atoms with Crippen molar-refractivity contribution in [1.29, 1.82) is 0 Å². The second-order valence-electron chi connectivity index (χ2n) is 13.9. The molecule has 1 unspecified atom stereocenters. The van der Waals surface area contributed by atoms with E-state index in [9.17, 15) is 0 Å². The number of rotatable bonds is 5. The Morgan fingerprint density at radius 3 is 1.70 bits per heavy atom. The highest BCUT2D eigenvalue weighted by atomic mass is 31.1. The molecule has 5 heteroatoms. The maximum atomic E-state index is 6.76. The number of benzene rings is 8. The molecular formula is C49H32O3P2. The van der Waals surface area contributed by atoms with E-state index in [1.54, 1.807) is 0 Å². The molecule has 8 aromatic carbocycles. The normalized spacial score (nSPS) is 17.4. The van der Waals surface area contributed by atoms with Crippen LogP contribution in [0.4, 0.5) is 0 Å². The molecule has 3 aliphatic rings. The molecule has 3 aliphatic heterocycles. The Labute approximate surface area is 314 Å². The summed E-state index contributed by atoms with van der Waals surface area (Å²) in [6.07, 6.45) is 5.03. The number of fused-ring (bicyclic) bond motifs is 7. The second kappa shape index (κ2) is 12.5. The van der Waals surface area contributed by atoms with Gasteiger partial charge in [0.15, 0.2) is 0 Å². The Morgan fingerprint density at radius 1 is 0.463 bits per heavy atom. The number of hydrogen-bond donors (Lipinski definition) is 0. The first kappa shape index (κ1) is 31.4. The van der Waals surface area contributed by atoms with Crippen molar-refractivity contribution in [1.82, 2.24) is 0 Å². The van der Waals surface area contributed by atoms with E-state index in [-0.39, 0.29) is 0 Å². The summed E-state index contributed by atoms with van der Waals surface area (Å²) in [5.74, 6) is 0.705. The summed E-state index contributed by atoms with van der Waals surface area (Å²) in [6.45, 7) is 0. The maximum Gasteiger partial charge on any atom is 0.453 e. The average Bonchev–Trinajstić information content (AvgIpc) is 3.41. The Hall–Kier alpha value is -6.11. The van der Waals surface area contributed by atoms with Gasteiger partial charge in [-0.3, -0.25) is 0 Å². The van der Waals surface area contributed by atoms with Crippen LogP contribution in [-0.4, -0.2) is 0 Å². The predicted octanol–water partition coefficient (Wildman–Crippen LogP) is 13.9. The minimum atomic E-state index is -1.85. The summed E-state index contributed by atoms with van der Waals surface area (Å²) in [7, 11) is -2.70. The van der Waals surface area contributed by atoms with Crippen molar-refractivity contribution in [3.8, 4) is 5.75 Å². The lowest BCUT2D eigenvalue weighted by Crippen LogP contribution is -2.36. The summed E-state index contributed by atoms with van der Waals surface area (Å²) in [5.41, 5.74) is 6.10. The standard InChI is InChI=1S/C49H32O3P2/c1-3-16-35(17-4-1)45-31-49(37-19-5-2-6-20-37)32-46(53(45)44-25-12-11-24-41(44)49)36-18-13-21-38(30-36)50-54-51-42-28-26-33-14-7-9-22-39(33)47(42)48-40-23-10-8-15-34(40)27-29-43(48)52-54/h1-32H/t49-,53?/m0/s1. The van der Waals surface area contributed by atoms with E-state index < -0.39 is 21.6 Å². The zero-order chi connectivity index (χ0) is 35.6. The molecule has 0 spiro atoms. The fraction of sp³-hybridized carbons (Fsp3) is 0.0204. The molecule has 2 bridgehead atoms. The number of allylic oxidation sites excluding steroid dienone is 2. The van der Waals surface area contributed by atoms with Crippen LogP contribution < -0.4 is 9.83 Å². The SMILES string of the molecule is C1=C(c2ccccc2)P2C(c3cccc(Op4oc5ccc6ccccc6c5c5c(ccc6ccccc65)o4)c3)=C[C@@]1(c1ccccc1)c1ccccc12. The third-order valence-corrected chi connectivity index (χ3v) is 14.5. The van der Waals surface area contributed by atoms with Crippen molar-refractivity contribution in [2.45, 2.75) is 5.41 Å². The van der Waals surface area contributed by atoms with E-state index in [1.165, 1.54) is 32.6 Å². The molecular weight excluding hydrogens is 698 g/mol. The molecule has 12 rings (SSSR count). The van der Waals surface area contributed by atoms with Crippen LogP contribution in [0.2, 0.25) is 0 Å². The van der Waals surface area contributed by atoms with Crippen molar-refractivity contribution >= 4 is 75.6 Å². The Kier molecular flexibility index (Phi) is 7.27. The zero-order valence-corrected chi connectivity index (χ0v) is 30.9. The molecule has 9 aromatic rings. The molecule has 1 aromatic heterocycles. The van der Waals surface area contributed by atoms with Gasteiger partial charge < -0.3 is 12.9 Å². The summed E-state index contributed by atoms with van der Waals surface area (Å²) >= 11 is 0. The summed E-state index contributed by atoms with van der Waals surface area (Å²) < 4.78 is 20.2. The average molecular weight is 731 g/mol. The molecule has 0 aliphatic carbocycles. The van der Waals surface area contributed by atoms with E-state index >= 15 is 0 Å². The first-order chi connectivity index (χ1) is 26.7. The van der Waals surface area contributed by atoms with Gasteiger partial charge in [0.05, 0.1) is 5.41 Å².